The number of halogens is 5. The fourth-order valence-corrected chi connectivity index (χ4v) is 4.09. The molecular weight excluding hydrogens is 434 g/mol. The van der Waals surface area contributed by atoms with Crippen molar-refractivity contribution >= 4 is 35.0 Å². The van der Waals surface area contributed by atoms with Gasteiger partial charge in [0.2, 0.25) is 0 Å². The van der Waals surface area contributed by atoms with Gasteiger partial charge in [0, 0.05) is 40.7 Å². The topological polar surface area (TPSA) is 30.5 Å². The first-order chi connectivity index (χ1) is 13.4. The lowest BCUT2D eigenvalue weighted by atomic mass is 10.1. The predicted molar refractivity (Wildman–Crippen MR) is 105 cm³/mol. The van der Waals surface area contributed by atoms with Crippen LogP contribution in [0.3, 0.4) is 0 Å². The second-order valence-corrected chi connectivity index (χ2v) is 8.08. The Labute approximate surface area is 175 Å². The van der Waals surface area contributed by atoms with Crippen LogP contribution in [-0.2, 0) is 11.3 Å². The van der Waals surface area contributed by atoms with Gasteiger partial charge in [-0.2, -0.15) is 8.78 Å². The van der Waals surface area contributed by atoms with E-state index in [0.717, 1.165) is 25.5 Å². The Morgan fingerprint density at radius 2 is 2.07 bits per heavy atom. The molecule has 1 heterocycles. The minimum absolute atomic E-state index is 0.126. The molecule has 1 aliphatic rings. The van der Waals surface area contributed by atoms with E-state index in [-0.39, 0.29) is 34.1 Å². The number of rotatable bonds is 7. The van der Waals surface area contributed by atoms with Crippen molar-refractivity contribution in [1.29, 1.82) is 0 Å². The highest BCUT2D eigenvalue weighted by Gasteiger charge is 2.20. The Morgan fingerprint density at radius 3 is 2.75 bits per heavy atom. The van der Waals surface area contributed by atoms with Crippen LogP contribution in [0.15, 0.2) is 35.2 Å². The van der Waals surface area contributed by atoms with Crippen molar-refractivity contribution in [2.45, 2.75) is 36.1 Å². The average molecular weight is 452 g/mol. The summed E-state index contributed by atoms with van der Waals surface area (Å²) in [6.45, 7) is 1.57. The maximum atomic E-state index is 13.5. The van der Waals surface area contributed by atoms with Gasteiger partial charge in [0.15, 0.2) is 0 Å². The van der Waals surface area contributed by atoms with Gasteiger partial charge in [-0.15, -0.1) is 0 Å². The van der Waals surface area contributed by atoms with Crippen LogP contribution in [0.4, 0.5) is 13.2 Å². The molecule has 1 N–H and O–H groups in total. The summed E-state index contributed by atoms with van der Waals surface area (Å²) in [7, 11) is 0. The Morgan fingerprint density at radius 1 is 1.25 bits per heavy atom. The molecule has 2 aromatic rings. The second-order valence-electron chi connectivity index (χ2n) is 6.24. The van der Waals surface area contributed by atoms with Gasteiger partial charge in [-0.05, 0) is 37.1 Å². The molecule has 1 atom stereocenters. The second kappa shape index (κ2) is 10.1. The molecule has 0 amide bonds. The molecule has 3 nitrogen and oxygen atoms in total. The van der Waals surface area contributed by atoms with E-state index < -0.39 is 11.6 Å². The largest absolute Gasteiger partial charge is 0.456 e. The first kappa shape index (κ1) is 21.6. The molecule has 2 aromatic carbocycles. The number of thioether (sulfide) groups is 1. The van der Waals surface area contributed by atoms with Crippen molar-refractivity contribution in [1.82, 2.24) is 5.32 Å². The van der Waals surface area contributed by atoms with Crippen molar-refractivity contribution in [3.63, 3.8) is 0 Å². The minimum atomic E-state index is -2.58. The van der Waals surface area contributed by atoms with Crippen LogP contribution in [-0.4, -0.2) is 25.0 Å². The first-order valence-electron chi connectivity index (χ1n) is 8.63. The first-order valence-corrected chi connectivity index (χ1v) is 10.3. The van der Waals surface area contributed by atoms with E-state index in [1.54, 1.807) is 0 Å². The summed E-state index contributed by atoms with van der Waals surface area (Å²) in [6, 6.07) is 6.90. The number of hydrogen-bond acceptors (Lipinski definition) is 4. The fraction of sp³-hybridized carbons (Fsp3) is 0.368. The summed E-state index contributed by atoms with van der Waals surface area (Å²) < 4.78 is 50.5. The Balaban J connectivity index is 1.84. The van der Waals surface area contributed by atoms with Gasteiger partial charge in [0.05, 0.1) is 11.6 Å². The molecule has 1 saturated heterocycles. The summed E-state index contributed by atoms with van der Waals surface area (Å²) in [5.74, 6) is -2.73. The van der Waals surface area contributed by atoms with Gasteiger partial charge in [-0.3, -0.25) is 0 Å². The SMILES string of the molecule is Fc1cc(Cl)cc(Oc2ccc(SC(F)F)c(CNC3CCCOC3)c2Cl)c1. The van der Waals surface area contributed by atoms with E-state index in [4.69, 9.17) is 32.7 Å². The third-order valence-electron chi connectivity index (χ3n) is 4.17. The van der Waals surface area contributed by atoms with E-state index in [2.05, 4.69) is 5.32 Å². The monoisotopic (exact) mass is 451 g/mol. The van der Waals surface area contributed by atoms with Gasteiger partial charge in [-0.25, -0.2) is 4.39 Å². The molecule has 0 bridgehead atoms. The molecule has 9 heteroatoms. The lowest BCUT2D eigenvalue weighted by molar-refractivity contribution is 0.0699. The third kappa shape index (κ3) is 5.94. The maximum absolute atomic E-state index is 13.5. The summed E-state index contributed by atoms with van der Waals surface area (Å²) in [6.07, 6.45) is 1.88. The van der Waals surface area contributed by atoms with Gasteiger partial charge in [-0.1, -0.05) is 35.0 Å². The summed E-state index contributed by atoms with van der Waals surface area (Å²) in [5, 5.41) is 3.66. The Kier molecular flexibility index (Phi) is 7.77. The van der Waals surface area contributed by atoms with Crippen molar-refractivity contribution in [3.8, 4) is 11.5 Å². The van der Waals surface area contributed by atoms with Crippen LogP contribution in [0.5, 0.6) is 11.5 Å². The zero-order valence-electron chi connectivity index (χ0n) is 14.7. The Bertz CT molecular complexity index is 800. The highest BCUT2D eigenvalue weighted by molar-refractivity contribution is 7.99. The fourth-order valence-electron chi connectivity index (χ4n) is 2.89. The molecule has 152 valence electrons. The molecule has 0 saturated carbocycles. The van der Waals surface area contributed by atoms with E-state index in [1.165, 1.54) is 24.3 Å². The van der Waals surface area contributed by atoms with Crippen molar-refractivity contribution in [2.24, 2.45) is 0 Å². The summed E-state index contributed by atoms with van der Waals surface area (Å²) in [5.41, 5.74) is 0.498. The summed E-state index contributed by atoms with van der Waals surface area (Å²) >= 11 is 12.7. The number of hydrogen-bond donors (Lipinski definition) is 1. The number of alkyl halides is 2. The van der Waals surface area contributed by atoms with Crippen LogP contribution in [0.25, 0.3) is 0 Å². The quantitative estimate of drug-likeness (QED) is 0.486. The van der Waals surface area contributed by atoms with E-state index in [9.17, 15) is 13.2 Å². The van der Waals surface area contributed by atoms with Crippen LogP contribution < -0.4 is 10.1 Å². The highest BCUT2D eigenvalue weighted by Crippen LogP contribution is 2.40. The molecule has 0 radical (unpaired) electrons. The zero-order chi connectivity index (χ0) is 20.1. The van der Waals surface area contributed by atoms with Gasteiger partial charge >= 0.3 is 0 Å². The number of nitrogens with one attached hydrogen (secondary N) is 1. The number of ether oxygens (including phenoxy) is 2. The molecule has 28 heavy (non-hydrogen) atoms. The Hall–Kier alpha value is -1.12. The smallest absolute Gasteiger partial charge is 0.288 e. The lowest BCUT2D eigenvalue weighted by Crippen LogP contribution is -2.36. The van der Waals surface area contributed by atoms with Crippen LogP contribution >= 0.6 is 35.0 Å². The average Bonchev–Trinajstić information content (AvgIpc) is 2.63. The normalized spacial score (nSPS) is 17.1. The molecule has 0 aromatic heterocycles. The molecule has 1 unspecified atom stereocenters. The molecule has 3 rings (SSSR count). The molecule has 0 aliphatic carbocycles. The van der Waals surface area contributed by atoms with Crippen LogP contribution in [0.2, 0.25) is 10.0 Å². The van der Waals surface area contributed by atoms with Gasteiger partial charge in [0.1, 0.15) is 17.3 Å². The lowest BCUT2D eigenvalue weighted by Gasteiger charge is -2.24. The maximum Gasteiger partial charge on any atom is 0.288 e. The third-order valence-corrected chi connectivity index (χ3v) is 5.62. The van der Waals surface area contributed by atoms with Crippen LogP contribution in [0, 0.1) is 5.82 Å². The van der Waals surface area contributed by atoms with Crippen molar-refractivity contribution in [3.05, 3.63) is 51.8 Å². The van der Waals surface area contributed by atoms with Crippen LogP contribution in [0.1, 0.15) is 18.4 Å². The van der Waals surface area contributed by atoms with Gasteiger partial charge < -0.3 is 14.8 Å². The minimum Gasteiger partial charge on any atom is -0.456 e. The summed E-state index contributed by atoms with van der Waals surface area (Å²) in [4.78, 5) is 0.355. The predicted octanol–water partition coefficient (Wildman–Crippen LogP) is 6.51. The number of benzene rings is 2. The van der Waals surface area contributed by atoms with E-state index in [1.807, 2.05) is 0 Å². The molecule has 1 aliphatic heterocycles. The van der Waals surface area contributed by atoms with E-state index in [0.29, 0.717) is 28.8 Å². The van der Waals surface area contributed by atoms with Gasteiger partial charge in [0.25, 0.3) is 5.76 Å². The molecule has 0 spiro atoms. The highest BCUT2D eigenvalue weighted by atomic mass is 35.5. The standard InChI is InChI=1S/C19H18Cl2F3NO2S/c20-11-6-12(22)8-14(7-11)27-16-3-4-17(28-19(23)24)15(18(16)21)9-25-13-2-1-5-26-10-13/h3-4,6-8,13,19,25H,1-2,5,9-10H2. The van der Waals surface area contributed by atoms with Crippen molar-refractivity contribution < 1.29 is 22.6 Å². The van der Waals surface area contributed by atoms with Crippen molar-refractivity contribution in [2.75, 3.05) is 13.2 Å². The van der Waals surface area contributed by atoms with E-state index >= 15 is 0 Å². The zero-order valence-corrected chi connectivity index (χ0v) is 17.0. The molecular formula is C19H18Cl2F3NO2S. The molecule has 1 fully saturated rings.